The van der Waals surface area contributed by atoms with Crippen LogP contribution in [0.25, 0.3) is 0 Å². The van der Waals surface area contributed by atoms with Gasteiger partial charge in [0, 0.05) is 39.3 Å². The van der Waals surface area contributed by atoms with Gasteiger partial charge in [-0.1, -0.05) is 0 Å². The van der Waals surface area contributed by atoms with E-state index in [-0.39, 0.29) is 4.90 Å². The fraction of sp³-hybridized carbons (Fsp3) is 0.562. The van der Waals surface area contributed by atoms with E-state index in [1.807, 2.05) is 19.0 Å². The smallest absolute Gasteiger partial charge is 0.243 e. The van der Waals surface area contributed by atoms with E-state index < -0.39 is 10.0 Å². The summed E-state index contributed by atoms with van der Waals surface area (Å²) in [5.41, 5.74) is 0. The summed E-state index contributed by atoms with van der Waals surface area (Å²) in [5, 5.41) is 3.90. The quantitative estimate of drug-likeness (QED) is 0.712. The summed E-state index contributed by atoms with van der Waals surface area (Å²) < 4.78 is 32.0. The Hall–Kier alpha value is -1.42. The van der Waals surface area contributed by atoms with Gasteiger partial charge >= 0.3 is 0 Å². The van der Waals surface area contributed by atoms with Crippen LogP contribution in [0.5, 0.6) is 5.75 Å². The van der Waals surface area contributed by atoms with Crippen molar-refractivity contribution in [1.82, 2.24) is 19.4 Å². The van der Waals surface area contributed by atoms with Crippen LogP contribution >= 0.6 is 12.2 Å². The van der Waals surface area contributed by atoms with E-state index in [2.05, 4.69) is 10.2 Å². The lowest BCUT2D eigenvalue weighted by molar-refractivity contribution is 0.263. The maximum absolute atomic E-state index is 12.7. The molecular formula is C16H26N4O3S2. The van der Waals surface area contributed by atoms with Crippen molar-refractivity contribution in [3.8, 4) is 5.75 Å². The van der Waals surface area contributed by atoms with Gasteiger partial charge in [0.15, 0.2) is 5.11 Å². The Bertz CT molecular complexity index is 669. The van der Waals surface area contributed by atoms with Gasteiger partial charge in [0.1, 0.15) is 5.75 Å². The summed E-state index contributed by atoms with van der Waals surface area (Å²) in [6, 6.07) is 6.47. The molecule has 1 aromatic rings. The summed E-state index contributed by atoms with van der Waals surface area (Å²) >= 11 is 5.39. The van der Waals surface area contributed by atoms with Crippen LogP contribution < -0.4 is 10.1 Å². The van der Waals surface area contributed by atoms with E-state index in [1.54, 1.807) is 31.4 Å². The Kier molecular flexibility index (Phi) is 7.00. The molecule has 0 spiro atoms. The van der Waals surface area contributed by atoms with Crippen LogP contribution in [0.15, 0.2) is 29.2 Å². The largest absolute Gasteiger partial charge is 0.497 e. The van der Waals surface area contributed by atoms with Crippen molar-refractivity contribution in [1.29, 1.82) is 0 Å². The fourth-order valence-corrected chi connectivity index (χ4v) is 4.23. The Labute approximate surface area is 155 Å². The van der Waals surface area contributed by atoms with Gasteiger partial charge < -0.3 is 19.9 Å². The number of likely N-dealkylation sites (N-methyl/N-ethyl adjacent to an activating group) is 1. The number of piperazine rings is 1. The summed E-state index contributed by atoms with van der Waals surface area (Å²) in [7, 11) is 2.09. The number of ether oxygens (including phenoxy) is 1. The maximum Gasteiger partial charge on any atom is 0.243 e. The molecule has 1 fully saturated rings. The highest BCUT2D eigenvalue weighted by molar-refractivity contribution is 7.89. The zero-order valence-corrected chi connectivity index (χ0v) is 16.6. The van der Waals surface area contributed by atoms with Crippen molar-refractivity contribution in [2.45, 2.75) is 4.90 Å². The first kappa shape index (κ1) is 19.9. The summed E-state index contributed by atoms with van der Waals surface area (Å²) in [6.45, 7) is 3.68. The molecule has 1 heterocycles. The number of hydrogen-bond donors (Lipinski definition) is 1. The molecule has 7 nitrogen and oxygen atoms in total. The monoisotopic (exact) mass is 386 g/mol. The lowest BCUT2D eigenvalue weighted by atomic mass is 10.3. The molecule has 25 heavy (non-hydrogen) atoms. The molecule has 1 aliphatic rings. The minimum absolute atomic E-state index is 0.286. The highest BCUT2D eigenvalue weighted by Gasteiger charge is 2.29. The molecule has 0 amide bonds. The summed E-state index contributed by atoms with van der Waals surface area (Å²) in [5.74, 6) is 0.637. The van der Waals surface area contributed by atoms with Crippen LogP contribution in [0.2, 0.25) is 0 Å². The third-order valence-corrected chi connectivity index (χ3v) is 6.37. The first-order chi connectivity index (χ1) is 11.8. The third-order valence-electron chi connectivity index (χ3n) is 4.06. The number of methoxy groups -OCH3 is 1. The first-order valence-electron chi connectivity index (χ1n) is 8.16. The highest BCUT2D eigenvalue weighted by atomic mass is 32.2. The van der Waals surface area contributed by atoms with Gasteiger partial charge in [-0.15, -0.1) is 0 Å². The zero-order chi connectivity index (χ0) is 18.4. The van der Waals surface area contributed by atoms with Gasteiger partial charge in [-0.05, 0) is 50.6 Å². The fourth-order valence-electron chi connectivity index (χ4n) is 2.53. The molecule has 0 unspecified atom stereocenters. The van der Waals surface area contributed by atoms with Crippen LogP contribution in [0, 0.1) is 0 Å². The summed E-state index contributed by atoms with van der Waals surface area (Å²) in [4.78, 5) is 4.38. The molecule has 0 saturated carbocycles. The second kappa shape index (κ2) is 8.79. The highest BCUT2D eigenvalue weighted by Crippen LogP contribution is 2.20. The Balaban J connectivity index is 1.90. The van der Waals surface area contributed by atoms with E-state index in [9.17, 15) is 8.42 Å². The Morgan fingerprint density at radius 2 is 1.80 bits per heavy atom. The van der Waals surface area contributed by atoms with E-state index in [0.29, 0.717) is 37.0 Å². The minimum atomic E-state index is -3.48. The molecule has 2 rings (SSSR count). The average molecular weight is 387 g/mol. The van der Waals surface area contributed by atoms with Crippen molar-refractivity contribution in [3.63, 3.8) is 0 Å². The molecule has 0 atom stereocenters. The van der Waals surface area contributed by atoms with Crippen molar-refractivity contribution in [3.05, 3.63) is 24.3 Å². The van der Waals surface area contributed by atoms with E-state index in [4.69, 9.17) is 17.0 Å². The van der Waals surface area contributed by atoms with Gasteiger partial charge in [0.25, 0.3) is 0 Å². The number of benzene rings is 1. The molecule has 0 aliphatic carbocycles. The van der Waals surface area contributed by atoms with E-state index >= 15 is 0 Å². The molecule has 0 aromatic heterocycles. The molecule has 1 aromatic carbocycles. The standard InChI is InChI=1S/C16H26N4O3S2/c1-18(2)9-8-17-16(24)19-10-12-20(13-11-19)25(21,22)15-6-4-14(23-3)5-7-15/h4-7H,8-13H2,1-3H3,(H,17,24). The number of thiocarbonyl (C=S) groups is 1. The number of nitrogens with one attached hydrogen (secondary N) is 1. The molecule has 9 heteroatoms. The van der Waals surface area contributed by atoms with Crippen LogP contribution in [-0.4, -0.2) is 88.1 Å². The lowest BCUT2D eigenvalue weighted by Crippen LogP contribution is -2.53. The molecule has 1 saturated heterocycles. The van der Waals surface area contributed by atoms with E-state index in [0.717, 1.165) is 13.1 Å². The first-order valence-corrected chi connectivity index (χ1v) is 10.0. The average Bonchev–Trinajstić information content (AvgIpc) is 2.61. The van der Waals surface area contributed by atoms with Crippen molar-refractivity contribution in [2.24, 2.45) is 0 Å². The van der Waals surface area contributed by atoms with E-state index in [1.165, 1.54) is 4.31 Å². The van der Waals surface area contributed by atoms with Crippen LogP contribution in [-0.2, 0) is 10.0 Å². The topological polar surface area (TPSA) is 65.1 Å². The lowest BCUT2D eigenvalue weighted by Gasteiger charge is -2.35. The predicted octanol–water partition coefficient (Wildman–Crippen LogP) is 0.438. The van der Waals surface area contributed by atoms with Crippen LogP contribution in [0.1, 0.15) is 0 Å². The van der Waals surface area contributed by atoms with Gasteiger partial charge in [-0.25, -0.2) is 8.42 Å². The van der Waals surface area contributed by atoms with Crippen LogP contribution in [0.3, 0.4) is 0 Å². The second-order valence-corrected chi connectivity index (χ2v) is 8.43. The molecular weight excluding hydrogens is 360 g/mol. The van der Waals surface area contributed by atoms with Crippen molar-refractivity contribution in [2.75, 3.05) is 60.5 Å². The van der Waals surface area contributed by atoms with Crippen molar-refractivity contribution >= 4 is 27.4 Å². The number of sulfonamides is 1. The number of hydrogen-bond acceptors (Lipinski definition) is 5. The summed E-state index contributed by atoms with van der Waals surface area (Å²) in [6.07, 6.45) is 0. The molecule has 1 aliphatic heterocycles. The van der Waals surface area contributed by atoms with Gasteiger partial charge in [0.2, 0.25) is 10.0 Å². The maximum atomic E-state index is 12.7. The third kappa shape index (κ3) is 5.27. The zero-order valence-electron chi connectivity index (χ0n) is 14.9. The molecule has 0 bridgehead atoms. The van der Waals surface area contributed by atoms with Crippen molar-refractivity contribution < 1.29 is 13.2 Å². The van der Waals surface area contributed by atoms with Gasteiger partial charge in [-0.3, -0.25) is 0 Å². The number of rotatable bonds is 6. The minimum Gasteiger partial charge on any atom is -0.497 e. The molecule has 140 valence electrons. The normalized spacial score (nSPS) is 16.1. The Morgan fingerprint density at radius 3 is 2.32 bits per heavy atom. The Morgan fingerprint density at radius 1 is 1.20 bits per heavy atom. The molecule has 0 radical (unpaired) electrons. The molecule has 1 N–H and O–H groups in total. The van der Waals surface area contributed by atoms with Crippen LogP contribution in [0.4, 0.5) is 0 Å². The number of nitrogens with zero attached hydrogens (tertiary/aromatic N) is 3. The predicted molar refractivity (Wildman–Crippen MR) is 102 cm³/mol. The van der Waals surface area contributed by atoms with Gasteiger partial charge in [0.05, 0.1) is 12.0 Å². The second-order valence-electron chi connectivity index (χ2n) is 6.10. The SMILES string of the molecule is COc1ccc(S(=O)(=O)N2CCN(C(=S)NCCN(C)C)CC2)cc1. The van der Waals surface area contributed by atoms with Gasteiger partial charge in [-0.2, -0.15) is 4.31 Å².